The quantitative estimate of drug-likeness (QED) is 0.594. The molecule has 130 valence electrons. The number of halogens is 1. The lowest BCUT2D eigenvalue weighted by Crippen LogP contribution is -2.36. The van der Waals surface area contributed by atoms with Crippen LogP contribution in [0.1, 0.15) is 11.1 Å². The summed E-state index contributed by atoms with van der Waals surface area (Å²) < 4.78 is 6.10. The molecule has 25 heavy (non-hydrogen) atoms. The molecule has 2 aromatic rings. The number of nitrogens with zero attached hydrogens (tertiary/aromatic N) is 2. The Balaban J connectivity index is 1.73. The van der Waals surface area contributed by atoms with E-state index in [0.29, 0.717) is 0 Å². The normalized spacial score (nSPS) is 10.5. The molecule has 0 aliphatic heterocycles. The molecule has 7 heteroatoms. The Hall–Kier alpha value is -2.67. The van der Waals surface area contributed by atoms with Crippen LogP contribution in [-0.4, -0.2) is 36.7 Å². The number of hydrogen-bond acceptors (Lipinski definition) is 4. The highest BCUT2D eigenvalue weighted by molar-refractivity contribution is 9.10. The second-order valence-electron chi connectivity index (χ2n) is 5.24. The Bertz CT molecular complexity index is 733. The maximum Gasteiger partial charge on any atom is 0.410 e. The molecule has 0 atom stereocenters. The van der Waals surface area contributed by atoms with Crippen LogP contribution < -0.4 is 5.43 Å². The minimum Gasteiger partial charge on any atom is -0.445 e. The van der Waals surface area contributed by atoms with E-state index in [4.69, 9.17) is 4.74 Å². The predicted molar refractivity (Wildman–Crippen MR) is 99.1 cm³/mol. The maximum absolute atomic E-state index is 11.9. The van der Waals surface area contributed by atoms with Gasteiger partial charge in [-0.1, -0.05) is 58.4 Å². The summed E-state index contributed by atoms with van der Waals surface area (Å²) in [6.45, 7) is 0.0126. The Morgan fingerprint density at radius 3 is 2.52 bits per heavy atom. The number of carbonyl (C=O) groups is 2. The van der Waals surface area contributed by atoms with Gasteiger partial charge in [-0.3, -0.25) is 4.79 Å². The van der Waals surface area contributed by atoms with Crippen molar-refractivity contribution in [1.82, 2.24) is 10.3 Å². The Morgan fingerprint density at radius 1 is 1.16 bits per heavy atom. The molecule has 0 aromatic heterocycles. The van der Waals surface area contributed by atoms with Crippen LogP contribution in [-0.2, 0) is 16.1 Å². The molecule has 2 rings (SSSR count). The van der Waals surface area contributed by atoms with Crippen molar-refractivity contribution in [1.29, 1.82) is 0 Å². The number of likely N-dealkylation sites (N-methyl/N-ethyl adjacent to an activating group) is 1. The van der Waals surface area contributed by atoms with E-state index in [1.54, 1.807) is 0 Å². The number of hydrogen-bond donors (Lipinski definition) is 1. The Kier molecular flexibility index (Phi) is 7.16. The molecule has 0 saturated heterocycles. The van der Waals surface area contributed by atoms with Gasteiger partial charge in [-0.2, -0.15) is 5.10 Å². The van der Waals surface area contributed by atoms with Gasteiger partial charge in [0.1, 0.15) is 13.2 Å². The van der Waals surface area contributed by atoms with Crippen molar-refractivity contribution in [2.75, 3.05) is 13.6 Å². The molecular weight excluding hydrogens is 386 g/mol. The molecule has 0 spiro atoms. The van der Waals surface area contributed by atoms with Crippen LogP contribution >= 0.6 is 15.9 Å². The molecule has 2 amide bonds. The zero-order valence-corrected chi connectivity index (χ0v) is 15.3. The first-order chi connectivity index (χ1) is 12.0. The summed E-state index contributed by atoms with van der Waals surface area (Å²) in [6.07, 6.45) is 0.953. The van der Waals surface area contributed by atoms with E-state index in [0.717, 1.165) is 15.6 Å². The molecule has 0 heterocycles. The second kappa shape index (κ2) is 9.58. The molecule has 0 saturated carbocycles. The van der Waals surface area contributed by atoms with Gasteiger partial charge >= 0.3 is 6.09 Å². The largest absolute Gasteiger partial charge is 0.445 e. The molecule has 0 fully saturated rings. The van der Waals surface area contributed by atoms with Crippen molar-refractivity contribution in [3.63, 3.8) is 0 Å². The minimum absolute atomic E-state index is 0.148. The van der Waals surface area contributed by atoms with Crippen molar-refractivity contribution < 1.29 is 14.3 Å². The van der Waals surface area contributed by atoms with Crippen LogP contribution in [0.5, 0.6) is 0 Å². The van der Waals surface area contributed by atoms with Crippen molar-refractivity contribution in [2.24, 2.45) is 5.10 Å². The van der Waals surface area contributed by atoms with Gasteiger partial charge in [0.15, 0.2) is 0 Å². The smallest absolute Gasteiger partial charge is 0.410 e. The van der Waals surface area contributed by atoms with Crippen LogP contribution in [0.3, 0.4) is 0 Å². The summed E-state index contributed by atoms with van der Waals surface area (Å²) in [6, 6.07) is 16.8. The van der Waals surface area contributed by atoms with E-state index < -0.39 is 12.0 Å². The first-order valence-electron chi connectivity index (χ1n) is 7.54. The monoisotopic (exact) mass is 403 g/mol. The first-order valence-corrected chi connectivity index (χ1v) is 8.33. The average Bonchev–Trinajstić information content (AvgIpc) is 2.62. The lowest BCUT2D eigenvalue weighted by atomic mass is 10.2. The zero-order chi connectivity index (χ0) is 18.1. The fourth-order valence-electron chi connectivity index (χ4n) is 1.87. The SMILES string of the molecule is CN(CC(=O)N/N=C\c1ccc(Br)cc1)C(=O)OCc1ccccc1. The predicted octanol–water partition coefficient (Wildman–Crippen LogP) is 3.17. The summed E-state index contributed by atoms with van der Waals surface area (Å²) in [7, 11) is 1.49. The standard InChI is InChI=1S/C18H18BrN3O3/c1-22(18(24)25-13-15-5-3-2-4-6-15)12-17(23)21-20-11-14-7-9-16(19)10-8-14/h2-11H,12-13H2,1H3,(H,21,23)/b20-11-. The zero-order valence-electron chi connectivity index (χ0n) is 13.7. The summed E-state index contributed by atoms with van der Waals surface area (Å²) in [5, 5.41) is 3.86. The third-order valence-corrected chi connectivity index (χ3v) is 3.70. The fraction of sp³-hybridized carbons (Fsp3) is 0.167. The van der Waals surface area contributed by atoms with Crippen molar-refractivity contribution in [2.45, 2.75) is 6.61 Å². The van der Waals surface area contributed by atoms with Gasteiger partial charge in [-0.25, -0.2) is 10.2 Å². The van der Waals surface area contributed by atoms with E-state index >= 15 is 0 Å². The number of benzene rings is 2. The number of amides is 2. The highest BCUT2D eigenvalue weighted by Gasteiger charge is 2.13. The number of carbonyl (C=O) groups excluding carboxylic acids is 2. The number of nitrogens with one attached hydrogen (secondary N) is 1. The van der Waals surface area contributed by atoms with Crippen molar-refractivity contribution >= 4 is 34.1 Å². The molecule has 0 unspecified atom stereocenters. The van der Waals surface area contributed by atoms with Crippen molar-refractivity contribution in [3.05, 3.63) is 70.2 Å². The summed E-state index contributed by atoms with van der Waals surface area (Å²) >= 11 is 3.34. The summed E-state index contributed by atoms with van der Waals surface area (Å²) in [5.74, 6) is -0.410. The van der Waals surface area contributed by atoms with Crippen LogP contribution in [0.4, 0.5) is 4.79 Å². The number of ether oxygens (including phenoxy) is 1. The molecule has 0 aliphatic carbocycles. The van der Waals surface area contributed by atoms with E-state index in [2.05, 4.69) is 26.5 Å². The highest BCUT2D eigenvalue weighted by atomic mass is 79.9. The van der Waals surface area contributed by atoms with Gasteiger partial charge < -0.3 is 9.64 Å². The van der Waals surface area contributed by atoms with Gasteiger partial charge in [0.05, 0.1) is 6.21 Å². The molecule has 6 nitrogen and oxygen atoms in total. The molecule has 0 radical (unpaired) electrons. The van der Waals surface area contributed by atoms with Crippen LogP contribution in [0.15, 0.2) is 64.2 Å². The van der Waals surface area contributed by atoms with Crippen molar-refractivity contribution in [3.8, 4) is 0 Å². The summed E-state index contributed by atoms with van der Waals surface area (Å²) in [4.78, 5) is 24.8. The van der Waals surface area contributed by atoms with Crippen LogP contribution in [0, 0.1) is 0 Å². The van der Waals surface area contributed by atoms with Gasteiger partial charge in [-0.15, -0.1) is 0 Å². The second-order valence-corrected chi connectivity index (χ2v) is 6.16. The van der Waals surface area contributed by atoms with E-state index in [1.165, 1.54) is 18.2 Å². The molecular formula is C18H18BrN3O3. The molecule has 0 bridgehead atoms. The first kappa shape index (κ1) is 18.7. The Morgan fingerprint density at radius 2 is 1.84 bits per heavy atom. The van der Waals surface area contributed by atoms with Crippen LogP contribution in [0.25, 0.3) is 0 Å². The van der Waals surface area contributed by atoms with Crippen LogP contribution in [0.2, 0.25) is 0 Å². The summed E-state index contributed by atoms with van der Waals surface area (Å²) in [5.41, 5.74) is 4.10. The van der Waals surface area contributed by atoms with Gasteiger partial charge in [0.2, 0.25) is 0 Å². The van der Waals surface area contributed by atoms with Gasteiger partial charge in [-0.05, 0) is 23.3 Å². The molecule has 2 aromatic carbocycles. The third kappa shape index (κ3) is 6.76. The average molecular weight is 404 g/mol. The lowest BCUT2D eigenvalue weighted by Gasteiger charge is -2.15. The molecule has 1 N–H and O–H groups in total. The van der Waals surface area contributed by atoms with Gasteiger partial charge in [0, 0.05) is 11.5 Å². The minimum atomic E-state index is -0.573. The van der Waals surface area contributed by atoms with E-state index in [-0.39, 0.29) is 13.2 Å². The number of rotatable bonds is 6. The van der Waals surface area contributed by atoms with Gasteiger partial charge in [0.25, 0.3) is 5.91 Å². The fourth-order valence-corrected chi connectivity index (χ4v) is 2.14. The van der Waals surface area contributed by atoms with E-state index in [1.807, 2.05) is 54.6 Å². The highest BCUT2D eigenvalue weighted by Crippen LogP contribution is 2.08. The number of hydrazone groups is 1. The topological polar surface area (TPSA) is 71.0 Å². The van der Waals surface area contributed by atoms with E-state index in [9.17, 15) is 9.59 Å². The Labute approximate surface area is 154 Å². The lowest BCUT2D eigenvalue weighted by molar-refractivity contribution is -0.121. The third-order valence-electron chi connectivity index (χ3n) is 3.17. The molecule has 0 aliphatic rings. The maximum atomic E-state index is 11.9.